The van der Waals surface area contributed by atoms with Crippen molar-refractivity contribution in [1.82, 2.24) is 9.97 Å². The molecule has 7 rings (SSSR count). The highest BCUT2D eigenvalue weighted by molar-refractivity contribution is 5.92. The summed E-state index contributed by atoms with van der Waals surface area (Å²) in [5, 5.41) is 1.39. The van der Waals surface area contributed by atoms with E-state index in [2.05, 4.69) is 34.2 Å². The number of pyridine rings is 1. The lowest BCUT2D eigenvalue weighted by Gasteiger charge is -2.57. The van der Waals surface area contributed by atoms with Crippen LogP contribution in [-0.2, 0) is 11.8 Å². The lowest BCUT2D eigenvalue weighted by molar-refractivity contribution is -0.00513. The second kappa shape index (κ2) is 7.91. The van der Waals surface area contributed by atoms with Crippen LogP contribution in [0.1, 0.15) is 62.5 Å². The van der Waals surface area contributed by atoms with Crippen molar-refractivity contribution in [1.29, 1.82) is 0 Å². The van der Waals surface area contributed by atoms with Gasteiger partial charge in [-0.25, -0.2) is 4.98 Å². The molecule has 3 aromatic rings. The number of aromatic amines is 1. The van der Waals surface area contributed by atoms with Gasteiger partial charge in [0.2, 0.25) is 5.88 Å². The molecule has 2 aromatic heterocycles. The molecule has 0 radical (unpaired) electrons. The Balaban J connectivity index is 1.47. The highest BCUT2D eigenvalue weighted by atomic mass is 16.5. The van der Waals surface area contributed by atoms with Gasteiger partial charge in [0.1, 0.15) is 0 Å². The highest BCUT2D eigenvalue weighted by Gasteiger charge is 2.51. The molecule has 0 unspecified atom stereocenters. The van der Waals surface area contributed by atoms with Crippen LogP contribution < -0.4 is 10.5 Å². The Morgan fingerprint density at radius 1 is 1.06 bits per heavy atom. The normalized spacial score (nSPS) is 28.5. The summed E-state index contributed by atoms with van der Waals surface area (Å²) in [7, 11) is 1.70. The molecular weight excluding hydrogens is 394 g/mol. The number of aryl methyl sites for hydroxylation is 1. The fourth-order valence-corrected chi connectivity index (χ4v) is 7.72. The van der Waals surface area contributed by atoms with E-state index in [-0.39, 0.29) is 0 Å². The van der Waals surface area contributed by atoms with Crippen molar-refractivity contribution in [2.45, 2.75) is 63.2 Å². The summed E-state index contributed by atoms with van der Waals surface area (Å²) in [6.45, 7) is 0.742. The summed E-state index contributed by atoms with van der Waals surface area (Å²) in [6.07, 6.45) is 13.6. The zero-order valence-corrected chi connectivity index (χ0v) is 19.2. The van der Waals surface area contributed by atoms with Gasteiger partial charge in [0.05, 0.1) is 18.4 Å². The monoisotopic (exact) mass is 429 g/mol. The quantitative estimate of drug-likeness (QED) is 0.454. The van der Waals surface area contributed by atoms with Gasteiger partial charge in [-0.05, 0) is 123 Å². The molecule has 168 valence electrons. The first-order valence-corrected chi connectivity index (χ1v) is 12.5. The predicted octanol–water partition coefficient (Wildman–Crippen LogP) is 5.99. The van der Waals surface area contributed by atoms with Gasteiger partial charge in [-0.1, -0.05) is 6.07 Å². The molecule has 1 aromatic carbocycles. The zero-order chi connectivity index (χ0) is 21.7. The smallest absolute Gasteiger partial charge is 0.222 e. The third-order valence-corrected chi connectivity index (χ3v) is 8.67. The first-order chi connectivity index (χ1) is 15.7. The van der Waals surface area contributed by atoms with E-state index in [1.54, 1.807) is 18.9 Å². The lowest BCUT2D eigenvalue weighted by Crippen LogP contribution is -2.48. The minimum atomic E-state index is 0.418. The Bertz CT molecular complexity index is 1100. The van der Waals surface area contributed by atoms with Crippen molar-refractivity contribution in [3.8, 4) is 17.1 Å². The standard InChI is InChI=1S/C28H35N3O/c1-32-27-23(6-4-10-30-27)26-22(5-2-3-9-29)24-14-21(7-8-25(24)31-26)28-15-18-11-19(16-28)13-20(12-18)17-28/h4,6-8,10,14,18-20,31H,2-3,5,9,11-13,15-17,29H2,1H3. The van der Waals surface area contributed by atoms with E-state index in [9.17, 15) is 0 Å². The molecule has 0 atom stereocenters. The molecule has 4 aliphatic carbocycles. The van der Waals surface area contributed by atoms with E-state index < -0.39 is 0 Å². The van der Waals surface area contributed by atoms with Gasteiger partial charge in [-0.3, -0.25) is 0 Å². The summed E-state index contributed by atoms with van der Waals surface area (Å²) < 4.78 is 5.61. The van der Waals surface area contributed by atoms with Crippen LogP contribution in [0.5, 0.6) is 5.88 Å². The number of aromatic nitrogens is 2. The number of hydrogen-bond donors (Lipinski definition) is 2. The Kier molecular flexibility index (Phi) is 5.02. The summed E-state index contributed by atoms with van der Waals surface area (Å²) in [5.74, 6) is 3.56. The molecule has 0 amide bonds. The topological polar surface area (TPSA) is 63.9 Å². The molecule has 32 heavy (non-hydrogen) atoms. The number of hydrogen-bond acceptors (Lipinski definition) is 3. The third kappa shape index (κ3) is 3.26. The van der Waals surface area contributed by atoms with Crippen molar-refractivity contribution >= 4 is 10.9 Å². The maximum absolute atomic E-state index is 5.83. The first-order valence-electron chi connectivity index (χ1n) is 12.5. The van der Waals surface area contributed by atoms with Crippen molar-refractivity contribution in [2.75, 3.05) is 13.7 Å². The van der Waals surface area contributed by atoms with Crippen LogP contribution in [-0.4, -0.2) is 23.6 Å². The SMILES string of the molecule is COc1ncccc1-c1[nH]c2ccc(C34CC5CC(CC(C5)C3)C4)cc2c1CCCCN. The van der Waals surface area contributed by atoms with Crippen molar-refractivity contribution in [3.63, 3.8) is 0 Å². The van der Waals surface area contributed by atoms with Gasteiger partial charge in [0.25, 0.3) is 0 Å². The minimum Gasteiger partial charge on any atom is -0.481 e. The number of H-pyrrole nitrogens is 1. The van der Waals surface area contributed by atoms with Gasteiger partial charge in [0.15, 0.2) is 0 Å². The maximum Gasteiger partial charge on any atom is 0.222 e. The Hall–Kier alpha value is -2.33. The van der Waals surface area contributed by atoms with E-state index in [1.807, 2.05) is 6.07 Å². The van der Waals surface area contributed by atoms with Gasteiger partial charge < -0.3 is 15.5 Å². The molecule has 0 spiro atoms. The molecule has 0 saturated heterocycles. The number of nitrogens with zero attached hydrogens (tertiary/aromatic N) is 1. The van der Waals surface area contributed by atoms with Crippen molar-refractivity contribution in [2.24, 2.45) is 23.5 Å². The minimum absolute atomic E-state index is 0.418. The van der Waals surface area contributed by atoms with Crippen molar-refractivity contribution < 1.29 is 4.74 Å². The number of methoxy groups -OCH3 is 1. The second-order valence-corrected chi connectivity index (χ2v) is 10.7. The number of fused-ring (bicyclic) bond motifs is 1. The van der Waals surface area contributed by atoms with Gasteiger partial charge in [0, 0.05) is 17.1 Å². The van der Waals surface area contributed by atoms with Crippen LogP contribution >= 0.6 is 0 Å². The second-order valence-electron chi connectivity index (χ2n) is 10.7. The van der Waals surface area contributed by atoms with Gasteiger partial charge in [-0.2, -0.15) is 0 Å². The number of rotatable bonds is 7. The third-order valence-electron chi connectivity index (χ3n) is 8.67. The van der Waals surface area contributed by atoms with Crippen molar-refractivity contribution in [3.05, 3.63) is 47.7 Å². The van der Waals surface area contributed by atoms with Gasteiger partial charge in [-0.15, -0.1) is 0 Å². The number of nitrogens with two attached hydrogens (primary N) is 1. The Morgan fingerprint density at radius 3 is 2.50 bits per heavy atom. The molecule has 0 aliphatic heterocycles. The van der Waals surface area contributed by atoms with Crippen LogP contribution in [0.3, 0.4) is 0 Å². The summed E-state index contributed by atoms with van der Waals surface area (Å²) in [4.78, 5) is 8.20. The maximum atomic E-state index is 5.83. The molecule has 3 N–H and O–H groups in total. The molecular formula is C28H35N3O. The predicted molar refractivity (Wildman–Crippen MR) is 130 cm³/mol. The van der Waals surface area contributed by atoms with E-state index >= 15 is 0 Å². The molecule has 4 fully saturated rings. The van der Waals surface area contributed by atoms with Crippen LogP contribution in [0.15, 0.2) is 36.5 Å². The molecule has 2 heterocycles. The first kappa shape index (κ1) is 20.3. The Labute approximate surface area is 191 Å². The Morgan fingerprint density at radius 2 is 1.81 bits per heavy atom. The fraction of sp³-hybridized carbons (Fsp3) is 0.536. The molecule has 4 aliphatic rings. The van der Waals surface area contributed by atoms with Gasteiger partial charge >= 0.3 is 0 Å². The summed E-state index contributed by atoms with van der Waals surface area (Å²) in [5.41, 5.74) is 12.7. The van der Waals surface area contributed by atoms with Crippen LogP contribution in [0.25, 0.3) is 22.2 Å². The fourth-order valence-electron chi connectivity index (χ4n) is 7.72. The summed E-state index contributed by atoms with van der Waals surface area (Å²) >= 11 is 0. The average Bonchev–Trinajstić information content (AvgIpc) is 3.16. The largest absolute Gasteiger partial charge is 0.481 e. The number of nitrogens with one attached hydrogen (secondary N) is 1. The van der Waals surface area contributed by atoms with Crippen LogP contribution in [0, 0.1) is 17.8 Å². The zero-order valence-electron chi connectivity index (χ0n) is 19.2. The molecule has 4 heteroatoms. The van der Waals surface area contributed by atoms with E-state index in [0.717, 1.165) is 54.8 Å². The molecule has 4 saturated carbocycles. The average molecular weight is 430 g/mol. The molecule has 4 nitrogen and oxygen atoms in total. The highest BCUT2D eigenvalue weighted by Crippen LogP contribution is 2.61. The van der Waals surface area contributed by atoms with E-state index in [0.29, 0.717) is 11.3 Å². The number of ether oxygens (including phenoxy) is 1. The number of benzene rings is 1. The van der Waals surface area contributed by atoms with Crippen LogP contribution in [0.2, 0.25) is 0 Å². The van der Waals surface area contributed by atoms with E-state index in [1.165, 1.54) is 55.0 Å². The number of unbranched alkanes of at least 4 members (excludes halogenated alkanes) is 1. The lowest BCUT2D eigenvalue weighted by atomic mass is 9.48. The van der Waals surface area contributed by atoms with E-state index in [4.69, 9.17) is 10.5 Å². The summed E-state index contributed by atoms with van der Waals surface area (Å²) in [6, 6.07) is 11.4. The van der Waals surface area contributed by atoms with Crippen LogP contribution in [0.4, 0.5) is 0 Å². The molecule has 4 bridgehead atoms.